The topological polar surface area (TPSA) is 59.2 Å². The van der Waals surface area contributed by atoms with Gasteiger partial charge in [-0.05, 0) is 43.0 Å². The predicted octanol–water partition coefficient (Wildman–Crippen LogP) is 4.58. The Morgan fingerprint density at radius 3 is 2.80 bits per heavy atom. The van der Waals surface area contributed by atoms with Crippen LogP contribution in [0.15, 0.2) is 16.0 Å². The van der Waals surface area contributed by atoms with Gasteiger partial charge in [-0.2, -0.15) is 4.98 Å². The Labute approximate surface area is 122 Å². The van der Waals surface area contributed by atoms with E-state index >= 15 is 0 Å². The Morgan fingerprint density at radius 1 is 1.35 bits per heavy atom. The summed E-state index contributed by atoms with van der Waals surface area (Å²) in [6, 6.07) is 1.65. The molecule has 1 aliphatic rings. The van der Waals surface area contributed by atoms with E-state index in [0.29, 0.717) is 16.7 Å². The van der Waals surface area contributed by atoms with Gasteiger partial charge in [0.2, 0.25) is 0 Å². The fourth-order valence-corrected chi connectivity index (χ4v) is 3.78. The normalized spacial score (nSPS) is 23.1. The van der Waals surface area contributed by atoms with Crippen molar-refractivity contribution >= 4 is 11.3 Å². The molecular formula is C15H20N2O2S. The van der Waals surface area contributed by atoms with Gasteiger partial charge in [0.05, 0.1) is 0 Å². The fraction of sp³-hybridized carbons (Fsp3) is 0.600. The van der Waals surface area contributed by atoms with Crippen molar-refractivity contribution in [2.45, 2.75) is 51.4 Å². The van der Waals surface area contributed by atoms with Crippen molar-refractivity contribution in [2.75, 3.05) is 0 Å². The van der Waals surface area contributed by atoms with E-state index in [1.807, 2.05) is 5.38 Å². The van der Waals surface area contributed by atoms with E-state index in [1.165, 1.54) is 37.0 Å². The monoisotopic (exact) mass is 292 g/mol. The molecule has 20 heavy (non-hydrogen) atoms. The summed E-state index contributed by atoms with van der Waals surface area (Å²) in [5.74, 6) is 2.77. The number of rotatable bonds is 4. The maximum absolute atomic E-state index is 9.70. The highest BCUT2D eigenvalue weighted by Crippen LogP contribution is 2.38. The van der Waals surface area contributed by atoms with Crippen molar-refractivity contribution in [3.8, 4) is 16.5 Å². The zero-order valence-electron chi connectivity index (χ0n) is 11.7. The first kappa shape index (κ1) is 13.6. The first-order valence-electron chi connectivity index (χ1n) is 7.38. The summed E-state index contributed by atoms with van der Waals surface area (Å²) >= 11 is 1.42. The van der Waals surface area contributed by atoms with E-state index in [1.54, 1.807) is 6.07 Å². The summed E-state index contributed by atoms with van der Waals surface area (Å²) < 4.78 is 5.31. The van der Waals surface area contributed by atoms with Crippen LogP contribution in [-0.2, 0) is 0 Å². The number of aromatic nitrogens is 2. The molecule has 0 saturated heterocycles. The zero-order valence-corrected chi connectivity index (χ0v) is 12.5. The van der Waals surface area contributed by atoms with Crippen LogP contribution in [0, 0.1) is 5.92 Å². The molecule has 108 valence electrons. The molecule has 0 unspecified atom stereocenters. The van der Waals surface area contributed by atoms with Crippen LogP contribution in [0.3, 0.4) is 0 Å². The molecule has 4 nitrogen and oxygen atoms in total. The average molecular weight is 292 g/mol. The maximum Gasteiger partial charge on any atom is 0.271 e. The Balaban J connectivity index is 1.68. The van der Waals surface area contributed by atoms with E-state index in [4.69, 9.17) is 4.52 Å². The molecule has 0 aliphatic heterocycles. The first-order valence-corrected chi connectivity index (χ1v) is 8.26. The van der Waals surface area contributed by atoms with Crippen LogP contribution in [-0.4, -0.2) is 15.2 Å². The van der Waals surface area contributed by atoms with Gasteiger partial charge >= 0.3 is 0 Å². The van der Waals surface area contributed by atoms with Gasteiger partial charge in [-0.3, -0.25) is 0 Å². The van der Waals surface area contributed by atoms with Crippen LogP contribution in [0.5, 0.6) is 5.75 Å². The first-order chi connectivity index (χ1) is 9.78. The van der Waals surface area contributed by atoms with E-state index in [-0.39, 0.29) is 5.75 Å². The van der Waals surface area contributed by atoms with Crippen molar-refractivity contribution < 1.29 is 9.63 Å². The minimum Gasteiger partial charge on any atom is -0.506 e. The third kappa shape index (κ3) is 2.73. The van der Waals surface area contributed by atoms with E-state index in [2.05, 4.69) is 17.1 Å². The third-order valence-corrected chi connectivity index (χ3v) is 5.08. The van der Waals surface area contributed by atoms with Crippen molar-refractivity contribution in [3.63, 3.8) is 0 Å². The maximum atomic E-state index is 9.70. The van der Waals surface area contributed by atoms with Crippen molar-refractivity contribution in [1.29, 1.82) is 0 Å². The summed E-state index contributed by atoms with van der Waals surface area (Å²) in [6.45, 7) is 2.26. The van der Waals surface area contributed by atoms with Gasteiger partial charge in [-0.1, -0.05) is 24.9 Å². The van der Waals surface area contributed by atoms with Gasteiger partial charge < -0.3 is 9.63 Å². The quantitative estimate of drug-likeness (QED) is 0.896. The van der Waals surface area contributed by atoms with Crippen LogP contribution in [0.4, 0.5) is 0 Å². The average Bonchev–Trinajstić information content (AvgIpc) is 3.08. The predicted molar refractivity (Wildman–Crippen MR) is 78.9 cm³/mol. The number of aromatic hydroxyl groups is 1. The molecule has 0 bridgehead atoms. The number of thiophene rings is 1. The lowest BCUT2D eigenvalue weighted by atomic mass is 9.80. The van der Waals surface area contributed by atoms with E-state index in [0.717, 1.165) is 24.6 Å². The van der Waals surface area contributed by atoms with Crippen LogP contribution in [0.25, 0.3) is 10.8 Å². The molecular weight excluding hydrogens is 272 g/mol. The number of nitrogens with zero attached hydrogens (tertiary/aromatic N) is 2. The highest BCUT2D eigenvalue weighted by Gasteiger charge is 2.26. The number of hydrogen-bond donors (Lipinski definition) is 1. The van der Waals surface area contributed by atoms with Gasteiger partial charge in [-0.25, -0.2) is 0 Å². The Morgan fingerprint density at radius 2 is 2.15 bits per heavy atom. The SMILES string of the molecule is CCCC1CCC(c2noc(-c3sccc3O)n2)CC1. The van der Waals surface area contributed by atoms with Crippen molar-refractivity contribution in [1.82, 2.24) is 10.1 Å². The summed E-state index contributed by atoms with van der Waals surface area (Å²) in [5, 5.41) is 15.6. The molecule has 0 amide bonds. The van der Waals surface area contributed by atoms with Gasteiger partial charge in [0.15, 0.2) is 5.82 Å². The second-order valence-electron chi connectivity index (χ2n) is 5.60. The van der Waals surface area contributed by atoms with Gasteiger partial charge in [0.25, 0.3) is 5.89 Å². The fourth-order valence-electron chi connectivity index (χ4n) is 3.07. The molecule has 2 aromatic heterocycles. The van der Waals surface area contributed by atoms with Gasteiger partial charge in [0.1, 0.15) is 10.6 Å². The van der Waals surface area contributed by atoms with Crippen molar-refractivity contribution in [3.05, 3.63) is 17.3 Å². The van der Waals surface area contributed by atoms with Crippen LogP contribution < -0.4 is 0 Å². The van der Waals surface area contributed by atoms with Crippen LogP contribution in [0.1, 0.15) is 57.2 Å². The third-order valence-electron chi connectivity index (χ3n) is 4.19. The smallest absolute Gasteiger partial charge is 0.271 e. The molecule has 1 N–H and O–H groups in total. The van der Waals surface area contributed by atoms with Crippen LogP contribution >= 0.6 is 11.3 Å². The molecule has 0 atom stereocenters. The molecule has 2 heterocycles. The van der Waals surface area contributed by atoms with E-state index < -0.39 is 0 Å². The minimum absolute atomic E-state index is 0.219. The summed E-state index contributed by atoms with van der Waals surface area (Å²) in [7, 11) is 0. The number of hydrogen-bond acceptors (Lipinski definition) is 5. The minimum atomic E-state index is 0.219. The highest BCUT2D eigenvalue weighted by atomic mass is 32.1. The molecule has 1 saturated carbocycles. The van der Waals surface area contributed by atoms with Crippen molar-refractivity contribution in [2.24, 2.45) is 5.92 Å². The second kappa shape index (κ2) is 5.95. The molecule has 0 radical (unpaired) electrons. The molecule has 2 aromatic rings. The Bertz CT molecular complexity index is 556. The van der Waals surface area contributed by atoms with Gasteiger partial charge in [0, 0.05) is 5.92 Å². The summed E-state index contributed by atoms with van der Waals surface area (Å²) in [6.07, 6.45) is 7.46. The Kier molecular flexibility index (Phi) is 4.05. The molecule has 1 fully saturated rings. The molecule has 5 heteroatoms. The standard InChI is InChI=1S/C15H20N2O2S/c1-2-3-10-4-6-11(7-5-10)14-16-15(19-17-14)13-12(18)8-9-20-13/h8-11,18H,2-7H2,1H3. The molecule has 0 spiro atoms. The molecule has 3 rings (SSSR count). The van der Waals surface area contributed by atoms with Crippen LogP contribution in [0.2, 0.25) is 0 Å². The molecule has 1 aliphatic carbocycles. The lowest BCUT2D eigenvalue weighted by Gasteiger charge is -2.26. The van der Waals surface area contributed by atoms with E-state index in [9.17, 15) is 5.11 Å². The summed E-state index contributed by atoms with van der Waals surface area (Å²) in [4.78, 5) is 5.15. The Hall–Kier alpha value is -1.36. The second-order valence-corrected chi connectivity index (χ2v) is 6.52. The molecule has 0 aromatic carbocycles. The van der Waals surface area contributed by atoms with Gasteiger partial charge in [-0.15, -0.1) is 11.3 Å². The highest BCUT2D eigenvalue weighted by molar-refractivity contribution is 7.13. The lowest BCUT2D eigenvalue weighted by Crippen LogP contribution is -2.14. The zero-order chi connectivity index (χ0) is 13.9. The summed E-state index contributed by atoms with van der Waals surface area (Å²) in [5.41, 5.74) is 0. The lowest BCUT2D eigenvalue weighted by molar-refractivity contribution is 0.296. The largest absolute Gasteiger partial charge is 0.506 e.